The van der Waals surface area contributed by atoms with Gasteiger partial charge in [-0.2, -0.15) is 0 Å². The molecular formula is C16H17F2N. The third kappa shape index (κ3) is 3.38. The average molecular weight is 261 g/mol. The van der Waals surface area contributed by atoms with Gasteiger partial charge in [-0.1, -0.05) is 35.9 Å². The minimum absolute atomic E-state index is 0.00287. The van der Waals surface area contributed by atoms with Crippen LogP contribution in [0.15, 0.2) is 42.5 Å². The van der Waals surface area contributed by atoms with Crippen molar-refractivity contribution in [3.8, 4) is 0 Å². The van der Waals surface area contributed by atoms with Crippen molar-refractivity contribution >= 4 is 0 Å². The zero-order valence-electron chi connectivity index (χ0n) is 10.9. The topological polar surface area (TPSA) is 26.0 Å². The summed E-state index contributed by atoms with van der Waals surface area (Å²) in [6, 6.07) is 12.1. The first kappa shape index (κ1) is 13.7. The van der Waals surface area contributed by atoms with Crippen LogP contribution in [0.1, 0.15) is 22.6 Å². The van der Waals surface area contributed by atoms with Crippen LogP contribution in [0, 0.1) is 18.6 Å². The molecule has 0 aliphatic carbocycles. The summed E-state index contributed by atoms with van der Waals surface area (Å²) in [6.45, 7) is 2.43. The van der Waals surface area contributed by atoms with Gasteiger partial charge < -0.3 is 5.73 Å². The number of rotatable bonds is 4. The first-order valence-corrected chi connectivity index (χ1v) is 6.30. The van der Waals surface area contributed by atoms with E-state index >= 15 is 0 Å². The highest BCUT2D eigenvalue weighted by atomic mass is 19.2. The molecule has 1 nitrogen and oxygen atoms in total. The highest BCUT2D eigenvalue weighted by Gasteiger charge is 2.13. The lowest BCUT2D eigenvalue weighted by Gasteiger charge is -2.16. The summed E-state index contributed by atoms with van der Waals surface area (Å²) in [5, 5.41) is 0. The Labute approximate surface area is 112 Å². The van der Waals surface area contributed by atoms with Crippen LogP contribution in [0.2, 0.25) is 0 Å². The number of halogens is 2. The van der Waals surface area contributed by atoms with Gasteiger partial charge in [-0.25, -0.2) is 8.78 Å². The van der Waals surface area contributed by atoms with Crippen LogP contribution in [-0.4, -0.2) is 6.54 Å². The summed E-state index contributed by atoms with van der Waals surface area (Å²) in [4.78, 5) is 0. The molecule has 0 heterocycles. The van der Waals surface area contributed by atoms with Gasteiger partial charge >= 0.3 is 0 Å². The molecule has 3 heteroatoms. The number of benzene rings is 2. The molecule has 0 aliphatic heterocycles. The minimum Gasteiger partial charge on any atom is -0.330 e. The summed E-state index contributed by atoms with van der Waals surface area (Å²) >= 11 is 0. The van der Waals surface area contributed by atoms with Crippen molar-refractivity contribution in [3.05, 3.63) is 70.8 Å². The molecule has 0 fully saturated rings. The summed E-state index contributed by atoms with van der Waals surface area (Å²) in [6.07, 6.45) is 0.725. The van der Waals surface area contributed by atoms with Crippen LogP contribution in [0.4, 0.5) is 8.78 Å². The summed E-state index contributed by atoms with van der Waals surface area (Å²) in [5.41, 5.74) is 8.83. The van der Waals surface area contributed by atoms with Crippen molar-refractivity contribution in [1.82, 2.24) is 0 Å². The molecule has 100 valence electrons. The van der Waals surface area contributed by atoms with Gasteiger partial charge in [0.05, 0.1) is 0 Å². The van der Waals surface area contributed by atoms with Crippen molar-refractivity contribution in [2.24, 2.45) is 5.73 Å². The maximum absolute atomic E-state index is 13.3. The second kappa shape index (κ2) is 5.93. The van der Waals surface area contributed by atoms with Crippen LogP contribution in [0.3, 0.4) is 0 Å². The standard InChI is InChI=1S/C16H17F2N/c1-11-3-2-4-12(7-11)8-14(10-19)13-5-6-15(17)16(18)9-13/h2-7,9,14H,8,10,19H2,1H3. The number of aryl methyl sites for hydroxylation is 1. The van der Waals surface area contributed by atoms with E-state index in [0.717, 1.165) is 23.6 Å². The monoisotopic (exact) mass is 261 g/mol. The van der Waals surface area contributed by atoms with E-state index < -0.39 is 11.6 Å². The molecule has 0 aliphatic rings. The van der Waals surface area contributed by atoms with E-state index in [2.05, 4.69) is 6.07 Å². The second-order valence-electron chi connectivity index (χ2n) is 4.80. The number of hydrogen-bond donors (Lipinski definition) is 1. The van der Waals surface area contributed by atoms with Crippen LogP contribution in [-0.2, 0) is 6.42 Å². The molecule has 1 atom stereocenters. The lowest BCUT2D eigenvalue weighted by molar-refractivity contribution is 0.505. The Morgan fingerprint density at radius 2 is 1.84 bits per heavy atom. The van der Waals surface area contributed by atoms with Gasteiger partial charge in [-0.05, 0) is 43.1 Å². The van der Waals surface area contributed by atoms with Gasteiger partial charge in [0.15, 0.2) is 11.6 Å². The Balaban J connectivity index is 2.22. The predicted molar refractivity (Wildman–Crippen MR) is 73.0 cm³/mol. The molecule has 0 amide bonds. The van der Waals surface area contributed by atoms with Crippen molar-refractivity contribution in [2.75, 3.05) is 6.54 Å². The largest absolute Gasteiger partial charge is 0.330 e. The van der Waals surface area contributed by atoms with Crippen molar-refractivity contribution < 1.29 is 8.78 Å². The van der Waals surface area contributed by atoms with E-state index in [4.69, 9.17) is 5.73 Å². The zero-order valence-corrected chi connectivity index (χ0v) is 10.9. The molecule has 0 spiro atoms. The SMILES string of the molecule is Cc1cccc(CC(CN)c2ccc(F)c(F)c2)c1. The van der Waals surface area contributed by atoms with Gasteiger partial charge in [-0.3, -0.25) is 0 Å². The molecule has 0 saturated heterocycles. The third-order valence-corrected chi connectivity index (χ3v) is 3.26. The third-order valence-electron chi connectivity index (χ3n) is 3.26. The van der Waals surface area contributed by atoms with Crippen LogP contribution >= 0.6 is 0 Å². The molecule has 2 aromatic rings. The smallest absolute Gasteiger partial charge is 0.159 e. The van der Waals surface area contributed by atoms with E-state index in [0.29, 0.717) is 6.54 Å². The van der Waals surface area contributed by atoms with Gasteiger partial charge in [0, 0.05) is 5.92 Å². The van der Waals surface area contributed by atoms with Crippen LogP contribution in [0.5, 0.6) is 0 Å². The Morgan fingerprint density at radius 3 is 2.47 bits per heavy atom. The van der Waals surface area contributed by atoms with E-state index in [9.17, 15) is 8.78 Å². The first-order chi connectivity index (χ1) is 9.10. The lowest BCUT2D eigenvalue weighted by atomic mass is 9.91. The first-order valence-electron chi connectivity index (χ1n) is 6.30. The van der Waals surface area contributed by atoms with E-state index in [-0.39, 0.29) is 5.92 Å². The Morgan fingerprint density at radius 1 is 1.05 bits per heavy atom. The molecule has 0 bridgehead atoms. The quantitative estimate of drug-likeness (QED) is 0.894. The average Bonchev–Trinajstić information content (AvgIpc) is 2.39. The number of nitrogens with two attached hydrogens (primary N) is 1. The molecule has 2 rings (SSSR count). The molecule has 0 saturated carbocycles. The van der Waals surface area contributed by atoms with Gasteiger partial charge in [0.2, 0.25) is 0 Å². The Hall–Kier alpha value is -1.74. The zero-order chi connectivity index (χ0) is 13.8. The predicted octanol–water partition coefficient (Wildman–Crippen LogP) is 3.56. The van der Waals surface area contributed by atoms with Crippen molar-refractivity contribution in [1.29, 1.82) is 0 Å². The van der Waals surface area contributed by atoms with E-state index in [1.165, 1.54) is 11.6 Å². The van der Waals surface area contributed by atoms with Gasteiger partial charge in [0.25, 0.3) is 0 Å². The molecule has 19 heavy (non-hydrogen) atoms. The fourth-order valence-corrected chi connectivity index (χ4v) is 2.23. The maximum atomic E-state index is 13.3. The van der Waals surface area contributed by atoms with Gasteiger partial charge in [-0.15, -0.1) is 0 Å². The fraction of sp³-hybridized carbons (Fsp3) is 0.250. The molecular weight excluding hydrogens is 244 g/mol. The van der Waals surface area contributed by atoms with Crippen molar-refractivity contribution in [2.45, 2.75) is 19.3 Å². The Bertz CT molecular complexity index is 566. The highest BCUT2D eigenvalue weighted by Crippen LogP contribution is 2.22. The number of hydrogen-bond acceptors (Lipinski definition) is 1. The van der Waals surface area contributed by atoms with Gasteiger partial charge in [0.1, 0.15) is 0 Å². The summed E-state index contributed by atoms with van der Waals surface area (Å²) in [5.74, 6) is -1.65. The molecule has 0 aromatic heterocycles. The maximum Gasteiger partial charge on any atom is 0.159 e. The minimum atomic E-state index is -0.824. The molecule has 2 N–H and O–H groups in total. The normalized spacial score (nSPS) is 12.4. The Kier molecular flexibility index (Phi) is 4.27. The fourth-order valence-electron chi connectivity index (χ4n) is 2.23. The summed E-state index contributed by atoms with van der Waals surface area (Å²) in [7, 11) is 0. The van der Waals surface area contributed by atoms with Crippen LogP contribution < -0.4 is 5.73 Å². The van der Waals surface area contributed by atoms with Crippen LogP contribution in [0.25, 0.3) is 0 Å². The molecule has 1 unspecified atom stereocenters. The second-order valence-corrected chi connectivity index (χ2v) is 4.80. The highest BCUT2D eigenvalue weighted by molar-refractivity contribution is 5.28. The van der Waals surface area contributed by atoms with E-state index in [1.54, 1.807) is 6.07 Å². The molecule has 0 radical (unpaired) electrons. The van der Waals surface area contributed by atoms with E-state index in [1.807, 2.05) is 25.1 Å². The lowest BCUT2D eigenvalue weighted by Crippen LogP contribution is -2.15. The molecule has 2 aromatic carbocycles. The van der Waals surface area contributed by atoms with Crippen molar-refractivity contribution in [3.63, 3.8) is 0 Å². The summed E-state index contributed by atoms with van der Waals surface area (Å²) < 4.78 is 26.2.